The van der Waals surface area contributed by atoms with Gasteiger partial charge in [-0.25, -0.2) is 0 Å². The molecule has 3 aliphatic rings. The number of halogens is 1. The molecule has 144 valence electrons. The van der Waals surface area contributed by atoms with E-state index in [4.69, 9.17) is 4.74 Å². The topological polar surface area (TPSA) is 87.7 Å². The van der Waals surface area contributed by atoms with Gasteiger partial charge in [0.15, 0.2) is 0 Å². The second kappa shape index (κ2) is 6.39. The van der Waals surface area contributed by atoms with Crippen molar-refractivity contribution >= 4 is 39.3 Å². The van der Waals surface area contributed by atoms with Gasteiger partial charge in [0.1, 0.15) is 5.54 Å². The van der Waals surface area contributed by atoms with Crippen LogP contribution in [0.2, 0.25) is 0 Å². The molecule has 3 amide bonds. The van der Waals surface area contributed by atoms with Crippen LogP contribution in [0.5, 0.6) is 0 Å². The molecule has 1 aromatic carbocycles. The number of carbonyl (C=O) groups excluding carboxylic acids is 3. The zero-order chi connectivity index (χ0) is 19.5. The number of hydrogen-bond donors (Lipinski definition) is 2. The third-order valence-corrected chi connectivity index (χ3v) is 6.43. The first-order chi connectivity index (χ1) is 12.8. The summed E-state index contributed by atoms with van der Waals surface area (Å²) in [6, 6.07) is 5.25. The highest BCUT2D eigenvalue weighted by atomic mass is 79.9. The lowest BCUT2D eigenvalue weighted by Gasteiger charge is -2.30. The van der Waals surface area contributed by atoms with Crippen molar-refractivity contribution < 1.29 is 19.1 Å². The monoisotopic (exact) mass is 435 g/mol. The van der Waals surface area contributed by atoms with Gasteiger partial charge in [0.2, 0.25) is 17.7 Å². The van der Waals surface area contributed by atoms with Gasteiger partial charge < -0.3 is 10.1 Å². The van der Waals surface area contributed by atoms with E-state index in [-0.39, 0.29) is 42.8 Å². The molecule has 0 bridgehead atoms. The van der Waals surface area contributed by atoms with Gasteiger partial charge in [0.25, 0.3) is 0 Å². The number of ether oxygens (including phenoxy) is 1. The van der Waals surface area contributed by atoms with Crippen molar-refractivity contribution in [3.63, 3.8) is 0 Å². The Hall–Kier alpha value is -1.77. The summed E-state index contributed by atoms with van der Waals surface area (Å²) >= 11 is 3.46. The number of rotatable bonds is 4. The average molecular weight is 436 g/mol. The minimum absolute atomic E-state index is 0.0833. The molecule has 0 saturated carbocycles. The zero-order valence-electron chi connectivity index (χ0n) is 15.4. The molecule has 3 heterocycles. The predicted molar refractivity (Wildman–Crippen MR) is 102 cm³/mol. The van der Waals surface area contributed by atoms with Crippen molar-refractivity contribution in [3.8, 4) is 0 Å². The summed E-state index contributed by atoms with van der Waals surface area (Å²) in [5.41, 5.74) is 0.164. The van der Waals surface area contributed by atoms with Crippen molar-refractivity contribution in [1.82, 2.24) is 10.2 Å². The normalized spacial score (nSPS) is 31.8. The van der Waals surface area contributed by atoms with Crippen LogP contribution in [0.4, 0.5) is 5.69 Å². The Balaban J connectivity index is 1.86. The largest absolute Gasteiger partial charge is 0.383 e. The number of nitrogens with one attached hydrogen (secondary N) is 2. The molecule has 2 saturated heterocycles. The first-order valence-electron chi connectivity index (χ1n) is 9.06. The Morgan fingerprint density at radius 3 is 2.67 bits per heavy atom. The van der Waals surface area contributed by atoms with Crippen molar-refractivity contribution in [2.75, 3.05) is 25.6 Å². The predicted octanol–water partition coefficient (Wildman–Crippen LogP) is 1.47. The van der Waals surface area contributed by atoms with Crippen LogP contribution in [-0.4, -0.2) is 48.9 Å². The van der Waals surface area contributed by atoms with E-state index in [1.54, 1.807) is 0 Å². The van der Waals surface area contributed by atoms with Gasteiger partial charge in [0, 0.05) is 28.9 Å². The van der Waals surface area contributed by atoms with Gasteiger partial charge in [0.05, 0.1) is 25.0 Å². The van der Waals surface area contributed by atoms with Crippen molar-refractivity contribution in [1.29, 1.82) is 0 Å². The molecule has 27 heavy (non-hydrogen) atoms. The molecule has 7 nitrogen and oxygen atoms in total. The molecular weight excluding hydrogens is 414 g/mol. The van der Waals surface area contributed by atoms with Crippen LogP contribution in [0.3, 0.4) is 0 Å². The Bertz CT molecular complexity index is 842. The smallest absolute Gasteiger partial charge is 0.250 e. The van der Waals surface area contributed by atoms with Crippen LogP contribution in [0.1, 0.15) is 19.4 Å². The Morgan fingerprint density at radius 1 is 1.26 bits per heavy atom. The molecule has 1 aromatic rings. The van der Waals surface area contributed by atoms with Crippen molar-refractivity contribution in [2.24, 2.45) is 17.8 Å². The Morgan fingerprint density at radius 2 is 2.00 bits per heavy atom. The number of nitrogens with zero attached hydrogens (tertiary/aromatic N) is 1. The average Bonchev–Trinajstić information content (AvgIpc) is 3.20. The van der Waals surface area contributed by atoms with Crippen LogP contribution in [-0.2, 0) is 24.7 Å². The fourth-order valence-corrected chi connectivity index (χ4v) is 5.10. The van der Waals surface area contributed by atoms with Gasteiger partial charge in [-0.1, -0.05) is 29.8 Å². The third kappa shape index (κ3) is 2.43. The number of methoxy groups -OCH3 is 1. The first-order valence-corrected chi connectivity index (χ1v) is 9.85. The second-order valence-corrected chi connectivity index (χ2v) is 8.61. The van der Waals surface area contributed by atoms with Crippen LogP contribution < -0.4 is 10.6 Å². The highest BCUT2D eigenvalue weighted by Crippen LogP contribution is 2.54. The van der Waals surface area contributed by atoms with E-state index in [1.165, 1.54) is 12.0 Å². The molecular formula is C19H22BrN3O4. The number of likely N-dealkylation sites (tertiary alicyclic amines) is 1. The summed E-state index contributed by atoms with van der Waals surface area (Å²) in [5, 5.41) is 6.30. The summed E-state index contributed by atoms with van der Waals surface area (Å²) < 4.78 is 5.88. The van der Waals surface area contributed by atoms with E-state index in [0.717, 1.165) is 10.0 Å². The fraction of sp³-hybridized carbons (Fsp3) is 0.526. The summed E-state index contributed by atoms with van der Waals surface area (Å²) in [6.07, 6.45) is 0. The number of benzene rings is 1. The SMILES string of the molecule is COCCN1C(=O)[C@H]2[C@@H](C1=O)[C@@]1(N[C@H]2C(C)C)C(=O)Nc2ccc(Br)cc21. The quantitative estimate of drug-likeness (QED) is 0.699. The van der Waals surface area contributed by atoms with E-state index in [9.17, 15) is 14.4 Å². The lowest BCUT2D eigenvalue weighted by Crippen LogP contribution is -2.54. The van der Waals surface area contributed by atoms with Gasteiger partial charge in [-0.2, -0.15) is 0 Å². The van der Waals surface area contributed by atoms with Gasteiger partial charge >= 0.3 is 0 Å². The fourth-order valence-electron chi connectivity index (χ4n) is 4.74. The molecule has 2 N–H and O–H groups in total. The molecule has 2 fully saturated rings. The molecule has 4 atom stereocenters. The van der Waals surface area contributed by atoms with Crippen LogP contribution >= 0.6 is 15.9 Å². The van der Waals surface area contributed by atoms with Gasteiger partial charge in [-0.05, 0) is 24.1 Å². The number of imide groups is 1. The number of fused-ring (bicyclic) bond motifs is 4. The second-order valence-electron chi connectivity index (χ2n) is 7.69. The maximum Gasteiger partial charge on any atom is 0.250 e. The number of amides is 3. The van der Waals surface area contributed by atoms with Gasteiger partial charge in [-0.3, -0.25) is 24.6 Å². The van der Waals surface area contributed by atoms with Crippen molar-refractivity contribution in [2.45, 2.75) is 25.4 Å². The van der Waals surface area contributed by atoms with E-state index in [0.29, 0.717) is 5.69 Å². The molecule has 4 rings (SSSR count). The molecule has 1 spiro atoms. The standard InChI is InChI=1S/C19H22BrN3O4/c1-9(2)15-13-14(17(25)23(16(13)24)6-7-27-3)19(22-15)11-8-10(20)4-5-12(11)21-18(19)26/h4-5,8-9,13-15,22H,6-7H2,1-3H3,(H,21,26)/t13-,14-,15-,19+/m0/s1. The molecule has 8 heteroatoms. The zero-order valence-corrected chi connectivity index (χ0v) is 17.0. The van der Waals surface area contributed by atoms with E-state index in [2.05, 4.69) is 26.6 Å². The summed E-state index contributed by atoms with van der Waals surface area (Å²) in [6.45, 7) is 4.48. The number of hydrogen-bond acceptors (Lipinski definition) is 5. The maximum absolute atomic E-state index is 13.3. The lowest BCUT2D eigenvalue weighted by atomic mass is 9.76. The molecule has 0 unspecified atom stereocenters. The van der Waals surface area contributed by atoms with Crippen LogP contribution in [0.15, 0.2) is 22.7 Å². The highest BCUT2D eigenvalue weighted by molar-refractivity contribution is 9.10. The first kappa shape index (κ1) is 18.6. The Labute approximate surface area is 165 Å². The van der Waals surface area contributed by atoms with E-state index in [1.807, 2.05) is 32.0 Å². The van der Waals surface area contributed by atoms with E-state index >= 15 is 0 Å². The molecule has 0 radical (unpaired) electrons. The molecule has 3 aliphatic heterocycles. The molecule has 0 aliphatic carbocycles. The third-order valence-electron chi connectivity index (χ3n) is 5.94. The molecule has 0 aromatic heterocycles. The summed E-state index contributed by atoms with van der Waals surface area (Å²) in [7, 11) is 1.53. The summed E-state index contributed by atoms with van der Waals surface area (Å²) in [5.74, 6) is -2.04. The number of anilines is 1. The van der Waals surface area contributed by atoms with Crippen LogP contribution in [0.25, 0.3) is 0 Å². The minimum atomic E-state index is -1.23. The number of carbonyl (C=O) groups is 3. The minimum Gasteiger partial charge on any atom is -0.383 e. The van der Waals surface area contributed by atoms with Crippen LogP contribution in [0, 0.1) is 17.8 Å². The van der Waals surface area contributed by atoms with Gasteiger partial charge in [-0.15, -0.1) is 0 Å². The van der Waals surface area contributed by atoms with Crippen molar-refractivity contribution in [3.05, 3.63) is 28.2 Å². The Kier molecular flexibility index (Phi) is 4.40. The highest BCUT2D eigenvalue weighted by Gasteiger charge is 2.70. The summed E-state index contributed by atoms with van der Waals surface area (Å²) in [4.78, 5) is 40.8. The maximum atomic E-state index is 13.3. The van der Waals surface area contributed by atoms with E-state index < -0.39 is 17.4 Å². The lowest BCUT2D eigenvalue weighted by molar-refractivity contribution is -0.143.